The fourth-order valence-electron chi connectivity index (χ4n) is 4.04. The van der Waals surface area contributed by atoms with E-state index in [-0.39, 0.29) is 17.5 Å². The number of carboxylic acid groups (broad SMARTS) is 1. The third kappa shape index (κ3) is 4.96. The highest BCUT2D eigenvalue weighted by Gasteiger charge is 2.42. The maximum Gasteiger partial charge on any atom is 0.407 e. The van der Waals surface area contributed by atoms with Gasteiger partial charge in [0, 0.05) is 12.1 Å². The van der Waals surface area contributed by atoms with E-state index in [0.29, 0.717) is 24.9 Å². The molecule has 1 saturated heterocycles. The van der Waals surface area contributed by atoms with Gasteiger partial charge in [-0.25, -0.2) is 14.6 Å². The highest BCUT2D eigenvalue weighted by molar-refractivity contribution is 6.00. The van der Waals surface area contributed by atoms with Crippen molar-refractivity contribution in [2.24, 2.45) is 11.1 Å². The van der Waals surface area contributed by atoms with Crippen LogP contribution in [0.25, 0.3) is 11.5 Å². The van der Waals surface area contributed by atoms with E-state index in [1.807, 2.05) is 26.8 Å². The maximum atomic E-state index is 13.1. The number of anilines is 1. The molecule has 0 spiro atoms. The van der Waals surface area contributed by atoms with Crippen molar-refractivity contribution in [2.75, 3.05) is 11.9 Å². The van der Waals surface area contributed by atoms with Crippen LogP contribution in [0.15, 0.2) is 34.7 Å². The van der Waals surface area contributed by atoms with Gasteiger partial charge in [0.1, 0.15) is 0 Å². The molecule has 2 atom stereocenters. The quantitative estimate of drug-likeness (QED) is 0.586. The van der Waals surface area contributed by atoms with E-state index >= 15 is 0 Å². The average molecular weight is 429 g/mol. The van der Waals surface area contributed by atoms with Crippen LogP contribution in [-0.4, -0.2) is 51.7 Å². The molecule has 1 unspecified atom stereocenters. The summed E-state index contributed by atoms with van der Waals surface area (Å²) in [6, 6.07) is 7.14. The number of nitrogens with two attached hydrogens (primary N) is 1. The number of carbonyl (C=O) groups excluding carboxylic acids is 2. The first kappa shape index (κ1) is 22.1. The van der Waals surface area contributed by atoms with Crippen LogP contribution in [0.3, 0.4) is 0 Å². The Bertz CT molecular complexity index is 966. The van der Waals surface area contributed by atoms with E-state index in [1.165, 1.54) is 4.90 Å². The number of likely N-dealkylation sites (tertiary alicyclic amines) is 1. The van der Waals surface area contributed by atoms with E-state index in [1.54, 1.807) is 24.3 Å². The van der Waals surface area contributed by atoms with Crippen molar-refractivity contribution in [1.29, 1.82) is 0 Å². The lowest BCUT2D eigenvalue weighted by Gasteiger charge is -2.46. The molecule has 3 rings (SSSR count). The molecule has 0 saturated carbocycles. The van der Waals surface area contributed by atoms with Gasteiger partial charge in [0.25, 0.3) is 5.91 Å². The van der Waals surface area contributed by atoms with Crippen molar-refractivity contribution in [3.05, 3.63) is 36.0 Å². The highest BCUT2D eigenvalue weighted by atomic mass is 16.4. The largest absolute Gasteiger partial charge is 0.465 e. The molecule has 5 N–H and O–H groups in total. The van der Waals surface area contributed by atoms with Crippen LogP contribution < -0.4 is 16.4 Å². The number of benzene rings is 1. The maximum absolute atomic E-state index is 13.1. The van der Waals surface area contributed by atoms with E-state index in [2.05, 4.69) is 15.6 Å². The number of nitrogens with one attached hydrogen (secondary N) is 2. The monoisotopic (exact) mass is 429 g/mol. The molecule has 4 amide bonds. The number of amides is 4. The summed E-state index contributed by atoms with van der Waals surface area (Å²) in [7, 11) is 0. The molecule has 166 valence electrons. The van der Waals surface area contributed by atoms with Gasteiger partial charge in [-0.3, -0.25) is 10.1 Å². The van der Waals surface area contributed by atoms with Crippen molar-refractivity contribution in [3.63, 3.8) is 0 Å². The zero-order valence-electron chi connectivity index (χ0n) is 17.7. The van der Waals surface area contributed by atoms with Gasteiger partial charge < -0.3 is 25.5 Å². The minimum absolute atomic E-state index is 0.127. The summed E-state index contributed by atoms with van der Waals surface area (Å²) in [4.78, 5) is 41.9. The van der Waals surface area contributed by atoms with Crippen LogP contribution >= 0.6 is 0 Å². The Balaban J connectivity index is 1.91. The number of hydrogen-bond donors (Lipinski definition) is 4. The van der Waals surface area contributed by atoms with E-state index in [9.17, 15) is 19.5 Å². The SMILES string of the molecule is CC(C)(C)C1[C@@H](NC(=O)c2nc(-c3ccccc3)oc2NC(N)=O)CCCN1C(=O)O. The number of aromatic nitrogens is 1. The molecule has 1 aromatic carbocycles. The number of rotatable bonds is 4. The lowest BCUT2D eigenvalue weighted by Crippen LogP contribution is -2.61. The molecule has 2 heterocycles. The van der Waals surface area contributed by atoms with Gasteiger partial charge in [-0.2, -0.15) is 0 Å². The van der Waals surface area contributed by atoms with Gasteiger partial charge in [0.05, 0.1) is 12.1 Å². The number of primary amides is 1. The molecule has 10 nitrogen and oxygen atoms in total. The zero-order valence-corrected chi connectivity index (χ0v) is 17.7. The second-order valence-electron chi connectivity index (χ2n) is 8.56. The molecule has 1 fully saturated rings. The first-order valence-corrected chi connectivity index (χ1v) is 10.0. The van der Waals surface area contributed by atoms with Crippen molar-refractivity contribution < 1.29 is 23.9 Å². The van der Waals surface area contributed by atoms with Crippen LogP contribution in [0, 0.1) is 5.41 Å². The average Bonchev–Trinajstić information content (AvgIpc) is 3.10. The Hall–Kier alpha value is -3.56. The predicted molar refractivity (Wildman–Crippen MR) is 114 cm³/mol. The third-order valence-corrected chi connectivity index (χ3v) is 5.18. The second kappa shape index (κ2) is 8.66. The number of carbonyl (C=O) groups is 3. The van der Waals surface area contributed by atoms with Gasteiger partial charge in [-0.05, 0) is 30.4 Å². The fraction of sp³-hybridized carbons (Fsp3) is 0.429. The van der Waals surface area contributed by atoms with Crippen LogP contribution in [-0.2, 0) is 0 Å². The number of nitrogens with zero attached hydrogens (tertiary/aromatic N) is 2. The van der Waals surface area contributed by atoms with Crippen molar-refractivity contribution in [3.8, 4) is 11.5 Å². The number of hydrogen-bond acceptors (Lipinski definition) is 5. The topological polar surface area (TPSA) is 151 Å². The highest BCUT2D eigenvalue weighted by Crippen LogP contribution is 2.33. The number of urea groups is 1. The second-order valence-corrected chi connectivity index (χ2v) is 8.56. The molecular weight excluding hydrogens is 402 g/mol. The Kier molecular flexibility index (Phi) is 6.19. The summed E-state index contributed by atoms with van der Waals surface area (Å²) in [6.45, 7) is 6.20. The van der Waals surface area contributed by atoms with E-state index in [0.717, 1.165) is 0 Å². The van der Waals surface area contributed by atoms with Gasteiger partial charge in [-0.1, -0.05) is 39.0 Å². The van der Waals surface area contributed by atoms with Gasteiger partial charge in [0.2, 0.25) is 11.8 Å². The van der Waals surface area contributed by atoms with E-state index < -0.39 is 35.5 Å². The summed E-state index contributed by atoms with van der Waals surface area (Å²) in [5, 5.41) is 14.8. The Labute approximate surface area is 179 Å². The molecule has 1 aliphatic rings. The summed E-state index contributed by atoms with van der Waals surface area (Å²) < 4.78 is 5.59. The van der Waals surface area contributed by atoms with Gasteiger partial charge in [0.15, 0.2) is 5.69 Å². The normalized spacial score (nSPS) is 19.0. The minimum atomic E-state index is -1.03. The molecule has 31 heavy (non-hydrogen) atoms. The Morgan fingerprint density at radius 3 is 2.48 bits per heavy atom. The molecular formula is C21H27N5O5. The molecule has 10 heteroatoms. The molecule has 0 bridgehead atoms. The number of piperidine rings is 1. The number of oxazole rings is 1. The molecule has 1 aliphatic heterocycles. The summed E-state index contributed by atoms with van der Waals surface area (Å²) in [6.07, 6.45) is 0.201. The smallest absolute Gasteiger partial charge is 0.407 e. The summed E-state index contributed by atoms with van der Waals surface area (Å²) >= 11 is 0. The van der Waals surface area contributed by atoms with E-state index in [4.69, 9.17) is 10.2 Å². The van der Waals surface area contributed by atoms with Gasteiger partial charge >= 0.3 is 12.1 Å². The minimum Gasteiger partial charge on any atom is -0.465 e. The molecule has 0 aliphatic carbocycles. The van der Waals surface area contributed by atoms with Crippen LogP contribution in [0.1, 0.15) is 44.1 Å². The molecule has 2 aromatic rings. The first-order chi connectivity index (χ1) is 14.6. The fourth-order valence-corrected chi connectivity index (χ4v) is 4.04. The predicted octanol–water partition coefficient (Wildman–Crippen LogP) is 3.12. The molecule has 0 radical (unpaired) electrons. The first-order valence-electron chi connectivity index (χ1n) is 10.0. The lowest BCUT2D eigenvalue weighted by molar-refractivity contribution is 0.0358. The zero-order chi connectivity index (χ0) is 22.8. The molecule has 1 aromatic heterocycles. The Morgan fingerprint density at radius 2 is 1.90 bits per heavy atom. The Morgan fingerprint density at radius 1 is 1.23 bits per heavy atom. The standard InChI is InChI=1S/C21H27N5O5/c1-21(2,3)15-13(10-7-11-26(15)20(29)30)23-16(27)14-18(25-19(22)28)31-17(24-14)12-8-5-4-6-9-12/h4-6,8-9,13,15H,7,10-11H2,1-3H3,(H,23,27)(H,29,30)(H3,22,25,28)/t13-,15?/m0/s1. The summed E-state index contributed by atoms with van der Waals surface area (Å²) in [5.74, 6) is -0.596. The van der Waals surface area contributed by atoms with Crippen LogP contribution in [0.4, 0.5) is 15.5 Å². The summed E-state index contributed by atoms with van der Waals surface area (Å²) in [5.41, 5.74) is 5.30. The lowest BCUT2D eigenvalue weighted by atomic mass is 9.77. The van der Waals surface area contributed by atoms with Crippen LogP contribution in [0.2, 0.25) is 0 Å². The van der Waals surface area contributed by atoms with Crippen molar-refractivity contribution >= 4 is 23.9 Å². The van der Waals surface area contributed by atoms with Gasteiger partial charge in [-0.15, -0.1) is 0 Å². The third-order valence-electron chi connectivity index (χ3n) is 5.18. The van der Waals surface area contributed by atoms with Crippen molar-refractivity contribution in [2.45, 2.75) is 45.7 Å². The van der Waals surface area contributed by atoms with Crippen molar-refractivity contribution in [1.82, 2.24) is 15.2 Å². The van der Waals surface area contributed by atoms with Crippen LogP contribution in [0.5, 0.6) is 0 Å².